The van der Waals surface area contributed by atoms with E-state index in [0.717, 1.165) is 16.8 Å². The molecule has 9 heteroatoms. The molecule has 0 aliphatic heterocycles. The van der Waals surface area contributed by atoms with Crippen LogP contribution >= 0.6 is 34.8 Å². The van der Waals surface area contributed by atoms with E-state index in [2.05, 4.69) is 20.7 Å². The van der Waals surface area contributed by atoms with Gasteiger partial charge in [0.25, 0.3) is 0 Å². The summed E-state index contributed by atoms with van der Waals surface area (Å²) in [5.41, 5.74) is 3.57. The van der Waals surface area contributed by atoms with Crippen molar-refractivity contribution in [1.82, 2.24) is 14.8 Å². The lowest BCUT2D eigenvalue weighted by Crippen LogP contribution is -2.20. The molecule has 2 aromatic heterocycles. The van der Waals surface area contributed by atoms with E-state index in [1.807, 2.05) is 19.1 Å². The molecule has 4 aromatic rings. The maximum Gasteiger partial charge on any atom is 0.324 e. The fraction of sp³-hybridized carbons (Fsp3) is 0.0455. The van der Waals surface area contributed by atoms with Crippen molar-refractivity contribution >= 4 is 52.3 Å². The van der Waals surface area contributed by atoms with Crippen LogP contribution in [0.4, 0.5) is 16.3 Å². The summed E-state index contributed by atoms with van der Waals surface area (Å²) in [6.07, 6.45) is 3.18. The van der Waals surface area contributed by atoms with Gasteiger partial charge in [0.15, 0.2) is 5.82 Å². The number of nitrogens with zero attached hydrogens (tertiary/aromatic N) is 3. The summed E-state index contributed by atoms with van der Waals surface area (Å²) >= 11 is 18.6. The Kier molecular flexibility index (Phi) is 6.13. The van der Waals surface area contributed by atoms with Gasteiger partial charge in [-0.1, -0.05) is 46.9 Å². The molecule has 0 bridgehead atoms. The van der Waals surface area contributed by atoms with Gasteiger partial charge in [0, 0.05) is 27.4 Å². The Morgan fingerprint density at radius 1 is 0.968 bits per heavy atom. The van der Waals surface area contributed by atoms with Crippen molar-refractivity contribution in [3.63, 3.8) is 0 Å². The maximum absolute atomic E-state index is 12.5. The van der Waals surface area contributed by atoms with E-state index in [1.54, 1.807) is 59.5 Å². The molecule has 0 aliphatic rings. The highest BCUT2D eigenvalue weighted by atomic mass is 35.5. The van der Waals surface area contributed by atoms with E-state index < -0.39 is 6.03 Å². The van der Waals surface area contributed by atoms with E-state index >= 15 is 0 Å². The highest BCUT2D eigenvalue weighted by Gasteiger charge is 2.20. The Morgan fingerprint density at radius 3 is 2.39 bits per heavy atom. The summed E-state index contributed by atoms with van der Waals surface area (Å²) in [5, 5.41) is 11.7. The highest BCUT2D eigenvalue weighted by Crippen LogP contribution is 2.34. The van der Waals surface area contributed by atoms with Crippen molar-refractivity contribution in [1.29, 1.82) is 0 Å². The quantitative estimate of drug-likeness (QED) is 0.341. The molecular formula is C22H16Cl3N5O. The summed E-state index contributed by atoms with van der Waals surface area (Å²) in [4.78, 5) is 16.5. The van der Waals surface area contributed by atoms with Crippen molar-refractivity contribution in [2.45, 2.75) is 6.92 Å². The molecule has 2 heterocycles. The fourth-order valence-electron chi connectivity index (χ4n) is 3.10. The molecule has 0 aliphatic carbocycles. The topological polar surface area (TPSA) is 71.8 Å². The van der Waals surface area contributed by atoms with Gasteiger partial charge in [-0.25, -0.2) is 9.48 Å². The molecule has 6 nitrogen and oxygen atoms in total. The zero-order valence-corrected chi connectivity index (χ0v) is 18.5. The lowest BCUT2D eigenvalue weighted by atomic mass is 10.1. The lowest BCUT2D eigenvalue weighted by Gasteiger charge is -2.10. The first kappa shape index (κ1) is 21.2. The first-order chi connectivity index (χ1) is 14.9. The van der Waals surface area contributed by atoms with Crippen LogP contribution in [0.15, 0.2) is 67.0 Å². The summed E-state index contributed by atoms with van der Waals surface area (Å²) in [6, 6.07) is 15.5. The summed E-state index contributed by atoms with van der Waals surface area (Å²) in [6.45, 7) is 1.87. The van der Waals surface area contributed by atoms with Crippen LogP contribution in [0.25, 0.3) is 16.9 Å². The average Bonchev–Trinajstić information content (AvgIpc) is 3.05. The van der Waals surface area contributed by atoms with Gasteiger partial charge in [-0.2, -0.15) is 0 Å². The lowest BCUT2D eigenvalue weighted by molar-refractivity contribution is 0.262. The molecule has 31 heavy (non-hydrogen) atoms. The Balaban J connectivity index is 1.76. The molecule has 0 saturated carbocycles. The van der Waals surface area contributed by atoms with Gasteiger partial charge in [0.2, 0.25) is 0 Å². The Hall–Kier alpha value is -3.06. The van der Waals surface area contributed by atoms with Crippen LogP contribution in [0.3, 0.4) is 0 Å². The maximum atomic E-state index is 12.5. The molecule has 0 spiro atoms. The van der Waals surface area contributed by atoms with Gasteiger partial charge in [0.05, 0.1) is 28.3 Å². The van der Waals surface area contributed by atoms with Crippen LogP contribution in [0.2, 0.25) is 15.1 Å². The van der Waals surface area contributed by atoms with Crippen molar-refractivity contribution < 1.29 is 4.79 Å². The molecule has 0 atom stereocenters. The van der Waals surface area contributed by atoms with Crippen LogP contribution in [-0.4, -0.2) is 20.8 Å². The molecule has 0 radical (unpaired) electrons. The van der Waals surface area contributed by atoms with E-state index in [1.165, 1.54) is 0 Å². The number of carbonyl (C=O) groups excluding carboxylic acids is 1. The summed E-state index contributed by atoms with van der Waals surface area (Å²) < 4.78 is 1.68. The molecular weight excluding hydrogens is 457 g/mol. The normalized spacial score (nSPS) is 10.7. The van der Waals surface area contributed by atoms with Gasteiger partial charge in [-0.3, -0.25) is 10.3 Å². The smallest absolute Gasteiger partial charge is 0.306 e. The molecule has 0 fully saturated rings. The van der Waals surface area contributed by atoms with Gasteiger partial charge in [-0.05, 0) is 49.4 Å². The number of hydrogen-bond donors (Lipinski definition) is 2. The van der Waals surface area contributed by atoms with Gasteiger partial charge < -0.3 is 5.32 Å². The number of hydrogen-bond acceptors (Lipinski definition) is 3. The summed E-state index contributed by atoms with van der Waals surface area (Å²) in [5.74, 6) is 0.386. The molecule has 0 saturated heterocycles. The average molecular weight is 473 g/mol. The van der Waals surface area contributed by atoms with Gasteiger partial charge in [0.1, 0.15) is 0 Å². The minimum atomic E-state index is -0.439. The predicted molar refractivity (Wildman–Crippen MR) is 126 cm³/mol. The molecule has 0 unspecified atom stereocenters. The molecule has 156 valence electrons. The number of halogens is 3. The Morgan fingerprint density at radius 2 is 1.71 bits per heavy atom. The minimum absolute atomic E-state index is 0.386. The number of anilines is 2. The van der Waals surface area contributed by atoms with E-state index in [9.17, 15) is 4.79 Å². The van der Waals surface area contributed by atoms with Crippen molar-refractivity contribution in [2.75, 3.05) is 10.6 Å². The van der Waals surface area contributed by atoms with Crippen molar-refractivity contribution in [3.05, 3.63) is 87.6 Å². The zero-order valence-electron chi connectivity index (χ0n) is 16.2. The third kappa shape index (κ3) is 4.66. The van der Waals surface area contributed by atoms with Crippen LogP contribution in [0.5, 0.6) is 0 Å². The van der Waals surface area contributed by atoms with Crippen LogP contribution in [0.1, 0.15) is 5.56 Å². The largest absolute Gasteiger partial charge is 0.324 e. The SMILES string of the molecule is Cc1c(NC(=O)Nc2cccnc2)nn(-c2ccc(Cl)cc2Cl)c1-c1ccc(Cl)cc1. The van der Waals surface area contributed by atoms with E-state index in [4.69, 9.17) is 34.8 Å². The van der Waals surface area contributed by atoms with Gasteiger partial charge >= 0.3 is 6.03 Å². The van der Waals surface area contributed by atoms with Crippen LogP contribution < -0.4 is 10.6 Å². The van der Waals surface area contributed by atoms with Crippen molar-refractivity contribution in [2.24, 2.45) is 0 Å². The first-order valence-corrected chi connectivity index (χ1v) is 10.3. The fourth-order valence-corrected chi connectivity index (χ4v) is 3.71. The standard InChI is InChI=1S/C22H16Cl3N5O/c1-13-20(14-4-6-15(23)7-5-14)30(19-9-8-16(24)11-18(19)25)29-21(13)28-22(31)27-17-3-2-10-26-12-17/h2-12H,1H3,(H2,27,28,29,31). The molecule has 2 amide bonds. The van der Waals surface area contributed by atoms with E-state index in [0.29, 0.717) is 32.3 Å². The van der Waals surface area contributed by atoms with Crippen LogP contribution in [-0.2, 0) is 0 Å². The third-order valence-electron chi connectivity index (χ3n) is 4.53. The number of aromatic nitrogens is 3. The highest BCUT2D eigenvalue weighted by molar-refractivity contribution is 6.35. The molecule has 2 aromatic carbocycles. The number of rotatable bonds is 4. The van der Waals surface area contributed by atoms with Crippen LogP contribution in [0, 0.1) is 6.92 Å². The molecule has 4 rings (SSSR count). The third-order valence-corrected chi connectivity index (χ3v) is 5.32. The predicted octanol–water partition coefficient (Wildman–Crippen LogP) is 6.85. The number of amides is 2. The summed E-state index contributed by atoms with van der Waals surface area (Å²) in [7, 11) is 0. The zero-order chi connectivity index (χ0) is 22.0. The number of carbonyl (C=O) groups is 1. The number of nitrogens with one attached hydrogen (secondary N) is 2. The molecule has 2 N–H and O–H groups in total. The minimum Gasteiger partial charge on any atom is -0.306 e. The Bertz CT molecular complexity index is 1240. The number of benzene rings is 2. The second kappa shape index (κ2) is 8.98. The van der Waals surface area contributed by atoms with E-state index in [-0.39, 0.29) is 0 Å². The van der Waals surface area contributed by atoms with Gasteiger partial charge in [-0.15, -0.1) is 5.10 Å². The second-order valence-electron chi connectivity index (χ2n) is 6.66. The second-order valence-corrected chi connectivity index (χ2v) is 7.94. The monoisotopic (exact) mass is 471 g/mol. The first-order valence-electron chi connectivity index (χ1n) is 9.21. The Labute approximate surface area is 193 Å². The van der Waals surface area contributed by atoms with Crippen molar-refractivity contribution in [3.8, 4) is 16.9 Å². The number of pyridine rings is 1. The number of urea groups is 1.